The van der Waals surface area contributed by atoms with E-state index in [9.17, 15) is 4.79 Å². The number of hydrogen-bond donors (Lipinski definition) is 0. The maximum atomic E-state index is 12.8. The van der Waals surface area contributed by atoms with Crippen LogP contribution in [0.2, 0.25) is 0 Å². The van der Waals surface area contributed by atoms with E-state index in [4.69, 9.17) is 22.3 Å². The third kappa shape index (κ3) is 3.44. The second-order valence-electron chi connectivity index (χ2n) is 4.97. The highest BCUT2D eigenvalue weighted by molar-refractivity contribution is 6.00. The summed E-state index contributed by atoms with van der Waals surface area (Å²) in [5, 5.41) is 7.91. The molecule has 0 saturated heterocycles. The predicted octanol–water partition coefficient (Wildman–Crippen LogP) is 2.14. The van der Waals surface area contributed by atoms with Gasteiger partial charge in [-0.1, -0.05) is 29.2 Å². The number of carbonyl (C=O) groups is 1. The van der Waals surface area contributed by atoms with Crippen molar-refractivity contribution >= 4 is 16.9 Å². The van der Waals surface area contributed by atoms with Crippen LogP contribution >= 0.6 is 0 Å². The van der Waals surface area contributed by atoms with Crippen LogP contribution in [0.5, 0.6) is 11.5 Å². The van der Waals surface area contributed by atoms with Gasteiger partial charge in [0.15, 0.2) is 0 Å². The molecule has 3 aromatic rings. The van der Waals surface area contributed by atoms with Crippen molar-refractivity contribution in [3.05, 3.63) is 48.0 Å². The summed E-state index contributed by atoms with van der Waals surface area (Å²) in [6.45, 7) is 0.136. The van der Waals surface area contributed by atoms with E-state index in [-0.39, 0.29) is 19.1 Å². The van der Waals surface area contributed by atoms with E-state index in [2.05, 4.69) is 22.2 Å². The van der Waals surface area contributed by atoms with Gasteiger partial charge in [-0.25, -0.2) is 0 Å². The lowest BCUT2D eigenvalue weighted by atomic mass is 10.2. The zero-order chi connectivity index (χ0) is 17.6. The van der Waals surface area contributed by atoms with Gasteiger partial charge in [0.2, 0.25) is 0 Å². The summed E-state index contributed by atoms with van der Waals surface area (Å²) in [5.41, 5.74) is 1.55. The minimum Gasteiger partial charge on any atom is -0.481 e. The quantitative estimate of drug-likeness (QED) is 0.670. The summed E-state index contributed by atoms with van der Waals surface area (Å²) in [5.74, 6) is 5.18. The van der Waals surface area contributed by atoms with Crippen LogP contribution in [-0.4, -0.2) is 34.1 Å². The van der Waals surface area contributed by atoms with Gasteiger partial charge in [-0.15, -0.1) is 17.9 Å². The molecule has 0 aliphatic rings. The topological polar surface area (TPSA) is 66.2 Å². The average molecular weight is 331 g/mol. The van der Waals surface area contributed by atoms with Crippen LogP contribution in [0.25, 0.3) is 11.0 Å². The number of fused-ring (bicyclic) bond motifs is 1. The first-order chi connectivity index (χ1) is 12.2. The highest BCUT2D eigenvalue weighted by Crippen LogP contribution is 2.24. The Labute approximate surface area is 144 Å². The van der Waals surface area contributed by atoms with Crippen molar-refractivity contribution in [2.75, 3.05) is 13.2 Å². The van der Waals surface area contributed by atoms with E-state index in [1.54, 1.807) is 30.3 Å². The normalized spacial score (nSPS) is 10.0. The lowest BCUT2D eigenvalue weighted by molar-refractivity contribution is 0.0947. The summed E-state index contributed by atoms with van der Waals surface area (Å²) in [6, 6.07) is 11.9. The molecule has 3 rings (SSSR count). The minimum absolute atomic E-state index is 0.0679. The summed E-state index contributed by atoms with van der Waals surface area (Å²) in [4.78, 5) is 12.8. The number of para-hydroxylation sites is 1. The lowest BCUT2D eigenvalue weighted by Gasteiger charge is -2.10. The van der Waals surface area contributed by atoms with Crippen LogP contribution in [-0.2, 0) is 0 Å². The summed E-state index contributed by atoms with van der Waals surface area (Å²) < 4.78 is 12.0. The molecule has 0 bridgehead atoms. The molecule has 122 valence electrons. The number of benzene rings is 2. The van der Waals surface area contributed by atoms with E-state index in [0.717, 1.165) is 0 Å². The van der Waals surface area contributed by atoms with E-state index in [1.807, 2.05) is 12.1 Å². The Bertz CT molecular complexity index is 972. The Morgan fingerprint density at radius 2 is 1.68 bits per heavy atom. The van der Waals surface area contributed by atoms with Crippen molar-refractivity contribution in [3.8, 4) is 36.2 Å². The molecular weight excluding hydrogens is 318 g/mol. The Morgan fingerprint density at radius 3 is 2.32 bits per heavy atom. The monoisotopic (exact) mass is 331 g/mol. The summed E-state index contributed by atoms with van der Waals surface area (Å²) in [6.07, 6.45) is 10.4. The van der Waals surface area contributed by atoms with Gasteiger partial charge in [-0.05, 0) is 24.3 Å². The molecule has 0 spiro atoms. The summed E-state index contributed by atoms with van der Waals surface area (Å²) in [7, 11) is 0. The third-order valence-electron chi connectivity index (χ3n) is 3.32. The maximum Gasteiger partial charge on any atom is 0.280 e. The Hall–Kier alpha value is -3.77. The molecule has 6 nitrogen and oxygen atoms in total. The van der Waals surface area contributed by atoms with Crippen molar-refractivity contribution in [3.63, 3.8) is 0 Å². The van der Waals surface area contributed by atoms with Crippen LogP contribution < -0.4 is 9.47 Å². The van der Waals surface area contributed by atoms with Crippen molar-refractivity contribution in [2.24, 2.45) is 0 Å². The first-order valence-corrected chi connectivity index (χ1v) is 7.35. The molecule has 25 heavy (non-hydrogen) atoms. The van der Waals surface area contributed by atoms with Gasteiger partial charge in [0.1, 0.15) is 30.2 Å². The molecule has 0 radical (unpaired) electrons. The third-order valence-corrected chi connectivity index (χ3v) is 3.32. The number of nitrogens with zero attached hydrogens (tertiary/aromatic N) is 3. The molecule has 0 aliphatic heterocycles. The molecule has 0 amide bonds. The van der Waals surface area contributed by atoms with Gasteiger partial charge in [-0.2, -0.15) is 4.68 Å². The van der Waals surface area contributed by atoms with Crippen LogP contribution in [0, 0.1) is 24.7 Å². The van der Waals surface area contributed by atoms with Crippen molar-refractivity contribution in [1.82, 2.24) is 15.0 Å². The fourth-order valence-electron chi connectivity index (χ4n) is 2.25. The fourth-order valence-corrected chi connectivity index (χ4v) is 2.25. The molecule has 0 aliphatic carbocycles. The molecule has 0 unspecified atom stereocenters. The van der Waals surface area contributed by atoms with Crippen LogP contribution in [0.1, 0.15) is 10.4 Å². The zero-order valence-corrected chi connectivity index (χ0v) is 13.2. The molecule has 0 saturated carbocycles. The standard InChI is InChI=1S/C19H13N3O3/c1-3-9-24-15-11-14(12-16(13-15)25-10-4-2)19(23)22-18-8-6-5-7-17(18)20-21-22/h1-2,5-8,11-13H,9-10H2. The van der Waals surface area contributed by atoms with Gasteiger partial charge in [-0.3, -0.25) is 4.79 Å². The molecule has 0 fully saturated rings. The average Bonchev–Trinajstić information content (AvgIpc) is 3.08. The maximum absolute atomic E-state index is 12.8. The predicted molar refractivity (Wildman–Crippen MR) is 92.4 cm³/mol. The smallest absolute Gasteiger partial charge is 0.280 e. The van der Waals surface area contributed by atoms with E-state index in [0.29, 0.717) is 28.1 Å². The van der Waals surface area contributed by atoms with Crippen LogP contribution in [0.15, 0.2) is 42.5 Å². The molecule has 6 heteroatoms. The molecular formula is C19H13N3O3. The number of hydrogen-bond acceptors (Lipinski definition) is 5. The van der Waals surface area contributed by atoms with E-state index < -0.39 is 0 Å². The number of terminal acetylenes is 2. The Morgan fingerprint density at radius 1 is 1.04 bits per heavy atom. The van der Waals surface area contributed by atoms with Crippen LogP contribution in [0.4, 0.5) is 0 Å². The highest BCUT2D eigenvalue weighted by Gasteiger charge is 2.16. The van der Waals surface area contributed by atoms with Crippen molar-refractivity contribution < 1.29 is 14.3 Å². The number of carbonyl (C=O) groups excluding carboxylic acids is 1. The highest BCUT2D eigenvalue weighted by atomic mass is 16.5. The minimum atomic E-state index is -0.370. The lowest BCUT2D eigenvalue weighted by Crippen LogP contribution is -2.14. The van der Waals surface area contributed by atoms with E-state index in [1.165, 1.54) is 4.68 Å². The second kappa shape index (κ2) is 7.20. The molecule has 1 heterocycles. The molecule has 2 aromatic carbocycles. The molecule has 0 N–H and O–H groups in total. The largest absolute Gasteiger partial charge is 0.481 e. The molecule has 0 atom stereocenters. The summed E-state index contributed by atoms with van der Waals surface area (Å²) >= 11 is 0. The number of aromatic nitrogens is 3. The second-order valence-corrected chi connectivity index (χ2v) is 4.97. The fraction of sp³-hybridized carbons (Fsp3) is 0.105. The number of rotatable bonds is 5. The zero-order valence-electron chi connectivity index (χ0n) is 13.2. The first-order valence-electron chi connectivity index (χ1n) is 7.35. The Balaban J connectivity index is 2.00. The van der Waals surface area contributed by atoms with Crippen molar-refractivity contribution in [1.29, 1.82) is 0 Å². The van der Waals surface area contributed by atoms with Crippen LogP contribution in [0.3, 0.4) is 0 Å². The first kappa shape index (κ1) is 16.1. The molecule has 1 aromatic heterocycles. The van der Waals surface area contributed by atoms with E-state index >= 15 is 0 Å². The van der Waals surface area contributed by atoms with Gasteiger partial charge in [0, 0.05) is 11.6 Å². The number of ether oxygens (including phenoxy) is 2. The Kier molecular flexibility index (Phi) is 4.64. The van der Waals surface area contributed by atoms with Gasteiger partial charge in [0.25, 0.3) is 5.91 Å². The van der Waals surface area contributed by atoms with Gasteiger partial charge in [0.05, 0.1) is 5.52 Å². The van der Waals surface area contributed by atoms with Gasteiger partial charge < -0.3 is 9.47 Å². The van der Waals surface area contributed by atoms with Crippen molar-refractivity contribution in [2.45, 2.75) is 0 Å². The van der Waals surface area contributed by atoms with Gasteiger partial charge >= 0.3 is 0 Å². The SMILES string of the molecule is C#CCOc1cc(OCC#C)cc(C(=O)n2nnc3ccccc32)c1.